The van der Waals surface area contributed by atoms with E-state index in [1.54, 1.807) is 35.5 Å². The third-order valence-corrected chi connectivity index (χ3v) is 4.19. The van der Waals surface area contributed by atoms with Gasteiger partial charge in [-0.3, -0.25) is 9.69 Å². The Kier molecular flexibility index (Phi) is 4.62. The molecule has 5 nitrogen and oxygen atoms in total. The van der Waals surface area contributed by atoms with E-state index in [1.165, 1.54) is 12.1 Å². The summed E-state index contributed by atoms with van der Waals surface area (Å²) in [5.74, 6) is 0.0517. The van der Waals surface area contributed by atoms with Crippen molar-refractivity contribution in [3.05, 3.63) is 59.9 Å². The Bertz CT molecular complexity index is 679. The van der Waals surface area contributed by atoms with Crippen molar-refractivity contribution in [1.82, 2.24) is 19.8 Å². The highest BCUT2D eigenvalue weighted by Crippen LogP contribution is 2.19. The Morgan fingerprint density at radius 1 is 1.30 bits per heavy atom. The number of rotatable bonds is 4. The molecule has 23 heavy (non-hydrogen) atoms. The van der Waals surface area contributed by atoms with Gasteiger partial charge in [-0.05, 0) is 31.7 Å². The fourth-order valence-corrected chi connectivity index (χ4v) is 2.85. The minimum Gasteiger partial charge on any atom is -0.337 e. The van der Waals surface area contributed by atoms with Crippen molar-refractivity contribution >= 4 is 5.91 Å². The van der Waals surface area contributed by atoms with Crippen LogP contribution in [0, 0.1) is 5.82 Å². The van der Waals surface area contributed by atoms with E-state index in [-0.39, 0.29) is 17.5 Å². The molecular weight excluding hydrogens is 295 g/mol. The number of likely N-dealkylation sites (N-methyl/N-ethyl adjacent to an activating group) is 1. The molecule has 1 aliphatic heterocycles. The third-order valence-electron chi connectivity index (χ3n) is 4.19. The van der Waals surface area contributed by atoms with Gasteiger partial charge < -0.3 is 4.90 Å². The van der Waals surface area contributed by atoms with Crippen LogP contribution in [0.4, 0.5) is 4.39 Å². The first-order valence-electron chi connectivity index (χ1n) is 7.65. The highest BCUT2D eigenvalue weighted by molar-refractivity contribution is 5.94. The van der Waals surface area contributed by atoms with Crippen LogP contribution in [0.5, 0.6) is 0 Å². The average Bonchev–Trinajstić information content (AvgIpc) is 3.06. The number of carbonyl (C=O) groups excluding carboxylic acids is 1. The van der Waals surface area contributed by atoms with E-state index in [9.17, 15) is 9.18 Å². The number of nitrogens with zero attached hydrogens (tertiary/aromatic N) is 4. The second-order valence-corrected chi connectivity index (χ2v) is 5.75. The predicted octanol–water partition coefficient (Wildman–Crippen LogP) is 1.96. The fourth-order valence-electron chi connectivity index (χ4n) is 2.85. The molecule has 1 aliphatic rings. The van der Waals surface area contributed by atoms with Gasteiger partial charge in [0.25, 0.3) is 5.91 Å². The normalized spacial score (nSPS) is 17.7. The fraction of sp³-hybridized carbons (Fsp3) is 0.353. The summed E-state index contributed by atoms with van der Waals surface area (Å²) in [7, 11) is 2.00. The number of halogens is 1. The van der Waals surface area contributed by atoms with Crippen molar-refractivity contribution < 1.29 is 9.18 Å². The summed E-state index contributed by atoms with van der Waals surface area (Å²) in [6, 6.07) is 8.14. The highest BCUT2D eigenvalue weighted by atomic mass is 19.1. The molecule has 3 rings (SSSR count). The molecule has 0 N–H and O–H groups in total. The van der Waals surface area contributed by atoms with Crippen LogP contribution in [0.3, 0.4) is 0 Å². The molecule has 0 radical (unpaired) electrons. The largest absolute Gasteiger partial charge is 0.337 e. The average molecular weight is 314 g/mol. The van der Waals surface area contributed by atoms with Crippen molar-refractivity contribution in [3.8, 4) is 0 Å². The molecule has 1 fully saturated rings. The quantitative estimate of drug-likeness (QED) is 0.866. The van der Waals surface area contributed by atoms with Crippen molar-refractivity contribution in [1.29, 1.82) is 0 Å². The van der Waals surface area contributed by atoms with Crippen LogP contribution >= 0.6 is 0 Å². The number of benzene rings is 1. The monoisotopic (exact) mass is 314 g/mol. The maximum absolute atomic E-state index is 13.8. The lowest BCUT2D eigenvalue weighted by Crippen LogP contribution is -2.36. The van der Waals surface area contributed by atoms with Crippen molar-refractivity contribution in [3.63, 3.8) is 0 Å². The van der Waals surface area contributed by atoms with E-state index in [4.69, 9.17) is 0 Å². The molecule has 0 aliphatic carbocycles. The van der Waals surface area contributed by atoms with Crippen LogP contribution in [0.2, 0.25) is 0 Å². The summed E-state index contributed by atoms with van der Waals surface area (Å²) in [4.78, 5) is 24.7. The summed E-state index contributed by atoms with van der Waals surface area (Å²) in [5, 5.41) is 0. The maximum atomic E-state index is 13.8. The molecule has 0 bridgehead atoms. The Balaban J connectivity index is 1.62. The van der Waals surface area contributed by atoms with Gasteiger partial charge in [0, 0.05) is 31.5 Å². The number of aromatic nitrogens is 2. The minimum absolute atomic E-state index is 0.141. The van der Waals surface area contributed by atoms with E-state index >= 15 is 0 Å². The van der Waals surface area contributed by atoms with E-state index in [1.807, 2.05) is 7.05 Å². The molecule has 120 valence electrons. The first-order chi connectivity index (χ1) is 11.1. The molecule has 1 atom stereocenters. The first-order valence-corrected chi connectivity index (χ1v) is 7.65. The molecule has 1 aromatic carbocycles. The van der Waals surface area contributed by atoms with E-state index < -0.39 is 5.82 Å². The van der Waals surface area contributed by atoms with Crippen LogP contribution in [0.25, 0.3) is 0 Å². The van der Waals surface area contributed by atoms with Crippen LogP contribution in [-0.4, -0.2) is 51.9 Å². The van der Waals surface area contributed by atoms with Gasteiger partial charge in [-0.2, -0.15) is 0 Å². The van der Waals surface area contributed by atoms with Crippen molar-refractivity contribution in [2.24, 2.45) is 0 Å². The molecule has 1 amide bonds. The van der Waals surface area contributed by atoms with Gasteiger partial charge >= 0.3 is 0 Å². The summed E-state index contributed by atoms with van der Waals surface area (Å²) in [5.41, 5.74) is 0.141. The molecule has 0 saturated carbocycles. The number of hydrogen-bond donors (Lipinski definition) is 0. The topological polar surface area (TPSA) is 49.3 Å². The number of hydrogen-bond acceptors (Lipinski definition) is 4. The summed E-state index contributed by atoms with van der Waals surface area (Å²) in [6.45, 7) is 1.86. The molecule has 1 aromatic heterocycles. The molecule has 1 saturated heterocycles. The Morgan fingerprint density at radius 3 is 2.78 bits per heavy atom. The van der Waals surface area contributed by atoms with Gasteiger partial charge in [0.05, 0.1) is 12.1 Å². The summed E-state index contributed by atoms with van der Waals surface area (Å²) >= 11 is 0. The third kappa shape index (κ3) is 3.53. The van der Waals surface area contributed by atoms with Crippen molar-refractivity contribution in [2.75, 3.05) is 20.1 Å². The zero-order valence-electron chi connectivity index (χ0n) is 13.0. The number of carbonyl (C=O) groups is 1. The summed E-state index contributed by atoms with van der Waals surface area (Å²) < 4.78 is 13.8. The highest BCUT2D eigenvalue weighted by Gasteiger charge is 2.30. The first kappa shape index (κ1) is 15.6. The predicted molar refractivity (Wildman–Crippen MR) is 84.2 cm³/mol. The summed E-state index contributed by atoms with van der Waals surface area (Å²) in [6.07, 6.45) is 4.31. The number of amides is 1. The van der Waals surface area contributed by atoms with Crippen LogP contribution < -0.4 is 0 Å². The standard InChI is InChI=1S/C17H19FN4O/c1-21(12-16-19-8-4-9-20-16)13-7-10-22(11-13)17(23)14-5-2-3-6-15(14)18/h2-6,8-9,13H,7,10-12H2,1H3/t13-/m1/s1. The van der Waals surface area contributed by atoms with Gasteiger partial charge in [0.15, 0.2) is 0 Å². The Hall–Kier alpha value is -2.34. The van der Waals surface area contributed by atoms with Gasteiger partial charge in [0.2, 0.25) is 0 Å². The van der Waals surface area contributed by atoms with E-state index in [0.29, 0.717) is 19.6 Å². The van der Waals surface area contributed by atoms with Gasteiger partial charge in [0.1, 0.15) is 11.6 Å². The molecule has 0 spiro atoms. The Labute approximate surface area is 134 Å². The Morgan fingerprint density at radius 2 is 2.04 bits per heavy atom. The SMILES string of the molecule is CN(Cc1ncccn1)[C@@H]1CCN(C(=O)c2ccccc2F)C1. The molecule has 6 heteroatoms. The lowest BCUT2D eigenvalue weighted by molar-refractivity contribution is 0.0774. The lowest BCUT2D eigenvalue weighted by Gasteiger charge is -2.24. The zero-order chi connectivity index (χ0) is 16.2. The zero-order valence-corrected chi connectivity index (χ0v) is 13.0. The van der Waals surface area contributed by atoms with Crippen LogP contribution in [0.1, 0.15) is 22.6 Å². The maximum Gasteiger partial charge on any atom is 0.256 e. The van der Waals surface area contributed by atoms with Gasteiger partial charge in [-0.25, -0.2) is 14.4 Å². The lowest BCUT2D eigenvalue weighted by atomic mass is 10.2. The van der Waals surface area contributed by atoms with E-state index in [0.717, 1.165) is 12.2 Å². The van der Waals surface area contributed by atoms with Gasteiger partial charge in [-0.1, -0.05) is 12.1 Å². The second-order valence-electron chi connectivity index (χ2n) is 5.75. The molecule has 2 aromatic rings. The number of likely N-dealkylation sites (tertiary alicyclic amines) is 1. The molecule has 0 unspecified atom stereocenters. The second kappa shape index (κ2) is 6.83. The van der Waals surface area contributed by atoms with Gasteiger partial charge in [-0.15, -0.1) is 0 Å². The molecular formula is C17H19FN4O. The van der Waals surface area contributed by atoms with Crippen molar-refractivity contribution in [2.45, 2.75) is 19.0 Å². The van der Waals surface area contributed by atoms with E-state index in [2.05, 4.69) is 14.9 Å². The smallest absolute Gasteiger partial charge is 0.256 e. The van der Waals surface area contributed by atoms with Crippen LogP contribution in [0.15, 0.2) is 42.7 Å². The molecule has 2 heterocycles. The van der Waals surface area contributed by atoms with Crippen LogP contribution in [-0.2, 0) is 6.54 Å². The minimum atomic E-state index is -0.466.